The summed E-state index contributed by atoms with van der Waals surface area (Å²) in [6.07, 6.45) is -0.254. The van der Waals surface area contributed by atoms with Crippen LogP contribution in [0.25, 0.3) is 10.9 Å². The Morgan fingerprint density at radius 3 is 2.48 bits per heavy atom. The first-order valence-corrected chi connectivity index (χ1v) is 9.62. The van der Waals surface area contributed by atoms with E-state index in [0.29, 0.717) is 29.4 Å². The summed E-state index contributed by atoms with van der Waals surface area (Å²) in [5, 5.41) is 3.08. The zero-order valence-electron chi connectivity index (χ0n) is 15.9. The maximum absolute atomic E-state index is 12.6. The van der Waals surface area contributed by atoms with Gasteiger partial charge in [-0.2, -0.15) is 0 Å². The van der Waals surface area contributed by atoms with Gasteiger partial charge in [-0.3, -0.25) is 9.59 Å². The smallest absolute Gasteiger partial charge is 0.406 e. The Hall–Kier alpha value is -2.71. The maximum atomic E-state index is 12.6. The van der Waals surface area contributed by atoms with Gasteiger partial charge in [0.05, 0.1) is 0 Å². The number of halogens is 3. The number of H-pyrrole nitrogens is 1. The Balaban J connectivity index is 1.39. The molecule has 156 valence electrons. The van der Waals surface area contributed by atoms with E-state index in [1.807, 2.05) is 0 Å². The molecule has 1 saturated heterocycles. The van der Waals surface area contributed by atoms with Crippen LogP contribution >= 0.6 is 0 Å². The van der Waals surface area contributed by atoms with Crippen molar-refractivity contribution in [2.75, 3.05) is 13.1 Å². The zero-order chi connectivity index (χ0) is 20.8. The molecule has 1 aliphatic carbocycles. The second kappa shape index (κ2) is 6.96. The Kier molecular flexibility index (Phi) is 4.71. The lowest BCUT2D eigenvalue weighted by Crippen LogP contribution is -2.49. The lowest BCUT2D eigenvalue weighted by atomic mass is 9.93. The number of nitrogens with one attached hydrogen (secondary N) is 2. The summed E-state index contributed by atoms with van der Waals surface area (Å²) >= 11 is 0. The predicted octanol–water partition coefficient (Wildman–Crippen LogP) is 3.59. The maximum Gasteiger partial charge on any atom is 0.573 e. The summed E-state index contributed by atoms with van der Waals surface area (Å²) in [7, 11) is 0. The number of aromatic nitrogens is 1. The molecule has 2 N–H and O–H groups in total. The molecule has 9 heteroatoms. The average Bonchev–Trinajstić information content (AvgIpc) is 3.26. The highest BCUT2D eigenvalue weighted by atomic mass is 19.4. The lowest BCUT2D eigenvalue weighted by Gasteiger charge is -2.33. The first-order chi connectivity index (χ1) is 13.6. The molecule has 1 saturated carbocycles. The molecule has 2 aromatic rings. The molecule has 0 radical (unpaired) electrons. The molecule has 1 atom stereocenters. The van der Waals surface area contributed by atoms with E-state index in [9.17, 15) is 22.8 Å². The molecule has 29 heavy (non-hydrogen) atoms. The Bertz CT molecular complexity index is 939. The zero-order valence-corrected chi connectivity index (χ0v) is 15.9. The van der Waals surface area contributed by atoms with Crippen molar-refractivity contribution in [3.63, 3.8) is 0 Å². The van der Waals surface area contributed by atoms with Gasteiger partial charge in [0.1, 0.15) is 17.5 Å². The van der Waals surface area contributed by atoms with Crippen LogP contribution in [0.5, 0.6) is 5.75 Å². The number of ether oxygens (including phenoxy) is 1. The van der Waals surface area contributed by atoms with E-state index in [2.05, 4.69) is 15.0 Å². The number of fused-ring (bicyclic) bond motifs is 1. The molecule has 6 nitrogen and oxygen atoms in total. The standard InChI is InChI=1S/C20H22F3N3O3/c1-12(18(28)26-8-6-19(4-5-19)7-9-26)24-17(27)16-11-13-10-14(29-20(21,22)23)2-3-15(13)25-16/h2-3,10-12,25H,4-9H2,1H3,(H,24,27)/t12-/m0/s1. The van der Waals surface area contributed by atoms with E-state index in [-0.39, 0.29) is 17.4 Å². The summed E-state index contributed by atoms with van der Waals surface area (Å²) in [6.45, 7) is 3.07. The number of piperidine rings is 1. The van der Waals surface area contributed by atoms with E-state index in [0.717, 1.165) is 12.8 Å². The number of rotatable bonds is 4. The number of nitrogens with zero attached hydrogens (tertiary/aromatic N) is 1. The van der Waals surface area contributed by atoms with Gasteiger partial charge in [-0.25, -0.2) is 0 Å². The van der Waals surface area contributed by atoms with Gasteiger partial charge in [-0.1, -0.05) is 0 Å². The van der Waals surface area contributed by atoms with Gasteiger partial charge >= 0.3 is 6.36 Å². The molecule has 2 amide bonds. The van der Waals surface area contributed by atoms with E-state index in [1.165, 1.54) is 37.1 Å². The number of benzene rings is 1. The highest BCUT2D eigenvalue weighted by Crippen LogP contribution is 2.53. The highest BCUT2D eigenvalue weighted by molar-refractivity contribution is 6.00. The van der Waals surface area contributed by atoms with Gasteiger partial charge in [0.15, 0.2) is 0 Å². The molecule has 1 aliphatic heterocycles. The second-order valence-electron chi connectivity index (χ2n) is 8.00. The van der Waals surface area contributed by atoms with Gasteiger partial charge in [-0.05, 0) is 62.3 Å². The van der Waals surface area contributed by atoms with E-state index in [1.54, 1.807) is 11.8 Å². The van der Waals surface area contributed by atoms with Crippen LogP contribution in [-0.2, 0) is 4.79 Å². The fraction of sp³-hybridized carbons (Fsp3) is 0.500. The molecule has 4 rings (SSSR count). The van der Waals surface area contributed by atoms with Crippen molar-refractivity contribution in [3.05, 3.63) is 30.0 Å². The van der Waals surface area contributed by atoms with Gasteiger partial charge < -0.3 is 19.9 Å². The van der Waals surface area contributed by atoms with Crippen molar-refractivity contribution in [3.8, 4) is 5.75 Å². The lowest BCUT2D eigenvalue weighted by molar-refractivity contribution is -0.274. The second-order valence-corrected chi connectivity index (χ2v) is 8.00. The summed E-state index contributed by atoms with van der Waals surface area (Å²) in [6, 6.07) is 4.52. The number of hydrogen-bond acceptors (Lipinski definition) is 3. The van der Waals surface area contributed by atoms with Crippen molar-refractivity contribution in [1.29, 1.82) is 0 Å². The highest BCUT2D eigenvalue weighted by Gasteiger charge is 2.45. The molecular weight excluding hydrogens is 387 g/mol. The fourth-order valence-electron chi connectivity index (χ4n) is 3.92. The number of aromatic amines is 1. The molecule has 2 fully saturated rings. The minimum absolute atomic E-state index is 0.120. The van der Waals surface area contributed by atoms with E-state index in [4.69, 9.17) is 0 Å². The van der Waals surface area contributed by atoms with Crippen LogP contribution in [0.1, 0.15) is 43.1 Å². The van der Waals surface area contributed by atoms with Crippen LogP contribution in [0.3, 0.4) is 0 Å². The Labute approximate surface area is 165 Å². The number of likely N-dealkylation sites (tertiary alicyclic amines) is 1. The predicted molar refractivity (Wildman–Crippen MR) is 99.4 cm³/mol. The van der Waals surface area contributed by atoms with Gasteiger partial charge in [0, 0.05) is 24.0 Å². The van der Waals surface area contributed by atoms with Crippen LogP contribution in [-0.4, -0.2) is 47.2 Å². The first-order valence-electron chi connectivity index (χ1n) is 9.62. The molecule has 1 aromatic heterocycles. The molecule has 0 unspecified atom stereocenters. The van der Waals surface area contributed by atoms with Gasteiger partial charge in [0.2, 0.25) is 5.91 Å². The van der Waals surface area contributed by atoms with Crippen molar-refractivity contribution in [2.45, 2.75) is 45.0 Å². The first kappa shape index (κ1) is 19.6. The number of carbonyl (C=O) groups excluding carboxylic acids is 2. The summed E-state index contributed by atoms with van der Waals surface area (Å²) in [5.41, 5.74) is 1.12. The van der Waals surface area contributed by atoms with Crippen molar-refractivity contribution < 1.29 is 27.5 Å². The quantitative estimate of drug-likeness (QED) is 0.811. The normalized spacial score (nSPS) is 19.2. The van der Waals surface area contributed by atoms with Crippen molar-refractivity contribution >= 4 is 22.7 Å². The molecule has 0 bridgehead atoms. The molecule has 1 aromatic carbocycles. The van der Waals surface area contributed by atoms with Gasteiger partial charge in [0.25, 0.3) is 5.91 Å². The van der Waals surface area contributed by atoms with Gasteiger partial charge in [-0.15, -0.1) is 13.2 Å². The number of carbonyl (C=O) groups is 2. The third-order valence-corrected chi connectivity index (χ3v) is 5.88. The largest absolute Gasteiger partial charge is 0.573 e. The van der Waals surface area contributed by atoms with E-state index >= 15 is 0 Å². The molecule has 2 aliphatic rings. The topological polar surface area (TPSA) is 74.4 Å². The molecule has 2 heterocycles. The van der Waals surface area contributed by atoms with Crippen LogP contribution in [0, 0.1) is 5.41 Å². The fourth-order valence-corrected chi connectivity index (χ4v) is 3.92. The Morgan fingerprint density at radius 2 is 1.86 bits per heavy atom. The SMILES string of the molecule is C[C@H](NC(=O)c1cc2cc(OC(F)(F)F)ccc2[nH]1)C(=O)N1CCC2(CC1)CC2. The monoisotopic (exact) mass is 409 g/mol. The third kappa shape index (κ3) is 4.33. The number of alkyl halides is 3. The van der Waals surface area contributed by atoms with Crippen LogP contribution < -0.4 is 10.1 Å². The van der Waals surface area contributed by atoms with Crippen LogP contribution in [0.2, 0.25) is 0 Å². The minimum Gasteiger partial charge on any atom is -0.406 e. The molecule has 1 spiro atoms. The van der Waals surface area contributed by atoms with E-state index < -0.39 is 18.3 Å². The minimum atomic E-state index is -4.78. The summed E-state index contributed by atoms with van der Waals surface area (Å²) in [5.74, 6) is -0.972. The van der Waals surface area contributed by atoms with Crippen LogP contribution in [0.15, 0.2) is 24.3 Å². The van der Waals surface area contributed by atoms with Crippen molar-refractivity contribution in [1.82, 2.24) is 15.2 Å². The number of amides is 2. The third-order valence-electron chi connectivity index (χ3n) is 5.88. The summed E-state index contributed by atoms with van der Waals surface area (Å²) < 4.78 is 41.0. The Morgan fingerprint density at radius 1 is 1.17 bits per heavy atom. The molecular formula is C20H22F3N3O3. The average molecular weight is 409 g/mol. The summed E-state index contributed by atoms with van der Waals surface area (Å²) in [4.78, 5) is 29.8. The number of hydrogen-bond donors (Lipinski definition) is 2. The van der Waals surface area contributed by atoms with Crippen molar-refractivity contribution in [2.24, 2.45) is 5.41 Å². The van der Waals surface area contributed by atoms with Crippen LogP contribution in [0.4, 0.5) is 13.2 Å².